The van der Waals surface area contributed by atoms with Gasteiger partial charge in [-0.3, -0.25) is 9.52 Å². The Morgan fingerprint density at radius 3 is 2.12 bits per heavy atom. The average molecular weight is 824 g/mol. The van der Waals surface area contributed by atoms with Crippen LogP contribution in [0.15, 0.2) is 65.1 Å². The first kappa shape index (κ1) is 37.6. The number of carboxylic acids is 1. The van der Waals surface area contributed by atoms with Gasteiger partial charge in [-0.1, -0.05) is 41.9 Å². The lowest BCUT2D eigenvalue weighted by Gasteiger charge is -2.30. The van der Waals surface area contributed by atoms with E-state index in [1.807, 2.05) is 12.1 Å². The van der Waals surface area contributed by atoms with Crippen molar-refractivity contribution in [1.29, 1.82) is 0 Å². The summed E-state index contributed by atoms with van der Waals surface area (Å²) in [5.74, 6) is -10.7. The second-order valence-corrected chi connectivity index (χ2v) is 15.9. The van der Waals surface area contributed by atoms with Crippen LogP contribution in [-0.4, -0.2) is 42.3 Å². The molecule has 2 saturated carbocycles. The highest BCUT2D eigenvalue weighted by molar-refractivity contribution is 9.10. The van der Waals surface area contributed by atoms with E-state index in [4.69, 9.17) is 16.3 Å². The molecule has 2 aliphatic carbocycles. The van der Waals surface area contributed by atoms with Gasteiger partial charge in [0.2, 0.25) is 15.9 Å². The number of hydrogen-bond donors (Lipinski definition) is 2. The zero-order chi connectivity index (χ0) is 37.5. The van der Waals surface area contributed by atoms with E-state index in [-0.39, 0.29) is 28.4 Å². The van der Waals surface area contributed by atoms with Gasteiger partial charge in [-0.25, -0.2) is 30.8 Å². The second-order valence-electron chi connectivity index (χ2n) is 13.0. The molecular weight excluding hydrogens is 792 g/mol. The van der Waals surface area contributed by atoms with Gasteiger partial charge in [-0.2, -0.15) is 0 Å². The lowest BCUT2D eigenvalue weighted by molar-refractivity contribution is -0.136. The van der Waals surface area contributed by atoms with Crippen molar-refractivity contribution in [2.75, 3.05) is 10.5 Å². The van der Waals surface area contributed by atoms with Crippen molar-refractivity contribution >= 4 is 55.1 Å². The van der Waals surface area contributed by atoms with Gasteiger partial charge in [-0.15, -0.1) is 0 Å². The van der Waals surface area contributed by atoms with Crippen molar-refractivity contribution in [1.82, 2.24) is 4.90 Å². The molecule has 0 radical (unpaired) electrons. The number of hydrogen-bond acceptors (Lipinski definition) is 5. The summed E-state index contributed by atoms with van der Waals surface area (Å²) in [6.45, 7) is 1.41. The van der Waals surface area contributed by atoms with Crippen molar-refractivity contribution < 1.29 is 45.4 Å². The number of nitrogens with zero attached hydrogens (tertiary/aromatic N) is 1. The van der Waals surface area contributed by atoms with Gasteiger partial charge < -0.3 is 14.7 Å². The highest BCUT2D eigenvalue weighted by atomic mass is 79.9. The molecule has 1 amide bonds. The lowest BCUT2D eigenvalue weighted by atomic mass is 9.99. The second kappa shape index (κ2) is 15.1. The molecule has 15 heteroatoms. The van der Waals surface area contributed by atoms with E-state index in [9.17, 15) is 31.9 Å². The van der Waals surface area contributed by atoms with Crippen molar-refractivity contribution in [3.8, 4) is 5.75 Å². The Morgan fingerprint density at radius 2 is 1.54 bits per heavy atom. The SMILES string of the molecule is CC(Oc1ccc(C(=O)O)cc1)N(Cc1cc(C2CC2)cc(C2CC2)c1)C(=O)CS(=O)(=O)Nc1c(F)c(F)c(F)c(F)c1Cc1cccc(Br)c1Cl. The maximum Gasteiger partial charge on any atom is 0.335 e. The van der Waals surface area contributed by atoms with E-state index in [1.165, 1.54) is 43.3 Å². The van der Waals surface area contributed by atoms with Gasteiger partial charge in [0.1, 0.15) is 11.5 Å². The van der Waals surface area contributed by atoms with E-state index in [0.717, 1.165) is 47.3 Å². The Morgan fingerprint density at radius 1 is 0.942 bits per heavy atom. The third kappa shape index (κ3) is 8.56. The number of anilines is 1. The minimum Gasteiger partial charge on any atom is -0.478 e. The summed E-state index contributed by atoms with van der Waals surface area (Å²) in [6, 6.07) is 16.0. The van der Waals surface area contributed by atoms with Crippen LogP contribution in [0.3, 0.4) is 0 Å². The van der Waals surface area contributed by atoms with Gasteiger partial charge in [0, 0.05) is 23.0 Å². The molecule has 4 aromatic rings. The van der Waals surface area contributed by atoms with E-state index < -0.39 is 74.8 Å². The number of nitrogens with one attached hydrogen (secondary N) is 1. The molecule has 0 aromatic heterocycles. The number of sulfonamides is 1. The van der Waals surface area contributed by atoms with Gasteiger partial charge >= 0.3 is 5.97 Å². The Bertz CT molecular complexity index is 2130. The number of aromatic carboxylic acids is 1. The Kier molecular flexibility index (Phi) is 10.9. The molecule has 2 N–H and O–H groups in total. The predicted molar refractivity (Wildman–Crippen MR) is 190 cm³/mol. The molecule has 0 aliphatic heterocycles. The minimum atomic E-state index is -4.92. The Hall–Kier alpha value is -4.14. The predicted octanol–water partition coefficient (Wildman–Crippen LogP) is 8.90. The molecular formula is C37H32BrClF4N2O6S. The van der Waals surface area contributed by atoms with E-state index in [1.54, 1.807) is 10.8 Å². The van der Waals surface area contributed by atoms with Crippen molar-refractivity contribution in [2.45, 2.75) is 63.6 Å². The number of benzene rings is 4. The number of rotatable bonds is 14. The van der Waals surface area contributed by atoms with Crippen LogP contribution in [0.1, 0.15) is 82.6 Å². The first-order valence-electron chi connectivity index (χ1n) is 16.3. The summed E-state index contributed by atoms with van der Waals surface area (Å²) in [5, 5.41) is 9.31. The zero-order valence-electron chi connectivity index (χ0n) is 27.6. The molecule has 8 nitrogen and oxygen atoms in total. The summed E-state index contributed by atoms with van der Waals surface area (Å²) in [4.78, 5) is 26.4. The molecule has 2 fully saturated rings. The number of carbonyl (C=O) groups excluding carboxylic acids is 1. The molecule has 1 atom stereocenters. The molecule has 274 valence electrons. The molecule has 6 rings (SSSR count). The summed E-state index contributed by atoms with van der Waals surface area (Å²) >= 11 is 9.47. The Balaban J connectivity index is 1.31. The molecule has 1 unspecified atom stereocenters. The summed E-state index contributed by atoms with van der Waals surface area (Å²) in [5.41, 5.74) is 1.03. The quantitative estimate of drug-likeness (QED) is 0.0569. The number of amides is 1. The third-order valence-electron chi connectivity index (χ3n) is 8.99. The van der Waals surface area contributed by atoms with Crippen LogP contribution in [0.2, 0.25) is 5.02 Å². The number of carboxylic acid groups (broad SMARTS) is 1. The van der Waals surface area contributed by atoms with E-state index in [2.05, 4.69) is 22.0 Å². The topological polar surface area (TPSA) is 113 Å². The largest absolute Gasteiger partial charge is 0.478 e. The number of carbonyl (C=O) groups is 2. The average Bonchev–Trinajstić information content (AvgIpc) is 4.02. The number of halogens is 6. The first-order valence-corrected chi connectivity index (χ1v) is 19.2. The highest BCUT2D eigenvalue weighted by Gasteiger charge is 2.33. The normalized spacial score (nSPS) is 14.9. The monoisotopic (exact) mass is 822 g/mol. The van der Waals surface area contributed by atoms with Gasteiger partial charge in [-0.05, 0) is 113 Å². The molecule has 0 spiro atoms. The zero-order valence-corrected chi connectivity index (χ0v) is 30.7. The molecule has 0 heterocycles. The van der Waals surface area contributed by atoms with Crippen LogP contribution >= 0.6 is 27.5 Å². The van der Waals surface area contributed by atoms with Crippen molar-refractivity contribution in [3.63, 3.8) is 0 Å². The third-order valence-corrected chi connectivity index (χ3v) is 11.5. The van der Waals surface area contributed by atoms with Crippen LogP contribution in [-0.2, 0) is 27.8 Å². The van der Waals surface area contributed by atoms with Gasteiger partial charge in [0.05, 0.1) is 16.3 Å². The van der Waals surface area contributed by atoms with Crippen molar-refractivity contribution in [3.05, 3.63) is 127 Å². The fraction of sp³-hybridized carbons (Fsp3) is 0.297. The van der Waals surface area contributed by atoms with E-state index >= 15 is 8.78 Å². The van der Waals surface area contributed by atoms with E-state index in [0.29, 0.717) is 16.3 Å². The van der Waals surface area contributed by atoms with Crippen LogP contribution in [0, 0.1) is 23.3 Å². The Labute approximate surface area is 310 Å². The molecule has 0 saturated heterocycles. The van der Waals surface area contributed by atoms with Gasteiger partial charge in [0.15, 0.2) is 29.5 Å². The highest BCUT2D eigenvalue weighted by Crippen LogP contribution is 2.45. The fourth-order valence-corrected chi connectivity index (χ4v) is 7.64. The lowest BCUT2D eigenvalue weighted by Crippen LogP contribution is -2.45. The van der Waals surface area contributed by atoms with Crippen LogP contribution < -0.4 is 9.46 Å². The summed E-state index contributed by atoms with van der Waals surface area (Å²) in [6.07, 6.45) is 2.37. The van der Waals surface area contributed by atoms with Crippen LogP contribution in [0.25, 0.3) is 0 Å². The first-order chi connectivity index (χ1) is 24.6. The molecule has 0 bridgehead atoms. The molecule has 2 aliphatic rings. The minimum absolute atomic E-state index is 0.00274. The summed E-state index contributed by atoms with van der Waals surface area (Å²) < 4.78 is 94.6. The number of ether oxygens (including phenoxy) is 1. The molecule has 52 heavy (non-hydrogen) atoms. The van der Waals surface area contributed by atoms with Crippen molar-refractivity contribution in [2.24, 2.45) is 0 Å². The van der Waals surface area contributed by atoms with Gasteiger partial charge in [0.25, 0.3) is 0 Å². The van der Waals surface area contributed by atoms with Crippen LogP contribution in [0.5, 0.6) is 5.75 Å². The molecule has 4 aromatic carbocycles. The smallest absolute Gasteiger partial charge is 0.335 e. The standard InChI is InChI=1S/C37H32BrClF4N2O6S/c1-19(51-27-11-9-23(10-12-27)37(47)48)45(17-20-13-25(21-5-6-21)15-26(14-20)22-7-8-22)30(46)18-52(49,50)44-36-28(32(40)33(41)34(42)35(36)43)16-24-3-2-4-29(38)31(24)39/h2-4,9-15,19,21-22,44H,5-8,16-18H2,1H3,(H,47,48). The maximum atomic E-state index is 15.3. The maximum absolute atomic E-state index is 15.3. The summed E-state index contributed by atoms with van der Waals surface area (Å²) in [7, 11) is -4.92. The fourth-order valence-electron chi connectivity index (χ4n) is 5.96. The van der Waals surface area contributed by atoms with Crippen LogP contribution in [0.4, 0.5) is 23.2 Å².